The number of benzene rings is 1. The topological polar surface area (TPSA) is 61.1 Å². The number of carbonyl (C=O) groups excluding carboxylic acids is 1. The number of aryl methyl sites for hydroxylation is 1. The fraction of sp³-hybridized carbons (Fsp3) is 0.200. The first kappa shape index (κ1) is 20.9. The molecule has 1 aromatic carbocycles. The number of carbonyl (C=O) groups is 1. The second-order valence-corrected chi connectivity index (χ2v) is 7.07. The summed E-state index contributed by atoms with van der Waals surface area (Å²) in [7, 11) is 0. The normalized spacial score (nSPS) is 16.0. The maximum atomic E-state index is 12.7. The third kappa shape index (κ3) is 4.29. The first-order valence-electron chi connectivity index (χ1n) is 9.04. The Morgan fingerprint density at radius 2 is 1.89 bits per heavy atom. The lowest BCUT2D eigenvalue weighted by atomic mass is 9.77. The molecule has 0 aliphatic heterocycles. The van der Waals surface area contributed by atoms with E-state index in [-0.39, 0.29) is 11.5 Å². The van der Waals surface area contributed by atoms with Crippen molar-refractivity contribution in [3.05, 3.63) is 106 Å². The van der Waals surface area contributed by atoms with Crippen LogP contribution in [-0.4, -0.2) is 10.9 Å². The lowest BCUT2D eigenvalue weighted by molar-refractivity contribution is -0.113. The fourth-order valence-electron chi connectivity index (χ4n) is 3.55. The van der Waals surface area contributed by atoms with E-state index in [0.717, 1.165) is 22.3 Å². The SMILES string of the molecule is C=C/C(C)=C(/C(C)=O)[C@@H](C1=CC(C)=CC(=C)C=C1O)c1ccc(C#N)cc1C. The van der Waals surface area contributed by atoms with E-state index in [1.807, 2.05) is 39.0 Å². The number of hydrogen-bond acceptors (Lipinski definition) is 3. The summed E-state index contributed by atoms with van der Waals surface area (Å²) < 4.78 is 0. The van der Waals surface area contributed by atoms with Gasteiger partial charge in [-0.05, 0) is 68.2 Å². The molecule has 0 radical (unpaired) electrons. The molecule has 0 spiro atoms. The Labute approximate surface area is 167 Å². The molecule has 0 aromatic heterocycles. The highest BCUT2D eigenvalue weighted by molar-refractivity contribution is 5.97. The Morgan fingerprint density at radius 3 is 2.43 bits per heavy atom. The average molecular weight is 371 g/mol. The summed E-state index contributed by atoms with van der Waals surface area (Å²) >= 11 is 0. The standard InChI is InChI=1S/C25H25NO2/c1-7-17(4)24(19(6)27)25(21-9-8-20(14-26)13-18(21)5)22-11-15(2)10-16(3)12-23(22)28/h7-13,25,28H,1,3H2,2,4-6H3/b24-17-/t25-/m1/s1. The number of nitrogens with zero attached hydrogens (tertiary/aromatic N) is 1. The molecule has 3 heteroatoms. The zero-order valence-corrected chi connectivity index (χ0v) is 16.8. The summed E-state index contributed by atoms with van der Waals surface area (Å²) in [5.41, 5.74) is 5.82. The number of nitriles is 1. The largest absolute Gasteiger partial charge is 0.508 e. The lowest BCUT2D eigenvalue weighted by Gasteiger charge is -2.25. The Morgan fingerprint density at radius 1 is 1.21 bits per heavy atom. The first-order chi connectivity index (χ1) is 13.2. The molecule has 2 rings (SSSR count). The van der Waals surface area contributed by atoms with Crippen LogP contribution >= 0.6 is 0 Å². The molecule has 1 atom stereocenters. The minimum Gasteiger partial charge on any atom is -0.508 e. The molecule has 3 nitrogen and oxygen atoms in total. The smallest absolute Gasteiger partial charge is 0.157 e. The number of allylic oxidation sites excluding steroid dienone is 9. The number of Topliss-reactive ketones (excluding diaryl/α,β-unsaturated/α-hetero) is 1. The van der Waals surface area contributed by atoms with Gasteiger partial charge in [0.1, 0.15) is 5.76 Å². The summed E-state index contributed by atoms with van der Waals surface area (Å²) in [4.78, 5) is 12.7. The van der Waals surface area contributed by atoms with Crippen LogP contribution in [0.15, 0.2) is 89.3 Å². The third-order valence-electron chi connectivity index (χ3n) is 4.83. The Hall–Kier alpha value is -3.38. The molecule has 1 aromatic rings. The average Bonchev–Trinajstić information content (AvgIpc) is 2.75. The molecule has 0 unspecified atom stereocenters. The fourth-order valence-corrected chi connectivity index (χ4v) is 3.55. The van der Waals surface area contributed by atoms with Crippen molar-refractivity contribution >= 4 is 5.78 Å². The van der Waals surface area contributed by atoms with Gasteiger partial charge in [0.25, 0.3) is 0 Å². The van der Waals surface area contributed by atoms with E-state index in [1.165, 1.54) is 6.92 Å². The highest BCUT2D eigenvalue weighted by Gasteiger charge is 2.29. The van der Waals surface area contributed by atoms with Gasteiger partial charge in [0.15, 0.2) is 5.78 Å². The van der Waals surface area contributed by atoms with Crippen LogP contribution in [0, 0.1) is 18.3 Å². The first-order valence-corrected chi connectivity index (χ1v) is 9.04. The minimum atomic E-state index is -0.492. The van der Waals surface area contributed by atoms with Crippen LogP contribution in [0.25, 0.3) is 0 Å². The van der Waals surface area contributed by atoms with Crippen LogP contribution in [0.5, 0.6) is 0 Å². The van der Waals surface area contributed by atoms with Crippen LogP contribution in [0.2, 0.25) is 0 Å². The van der Waals surface area contributed by atoms with Crippen molar-refractivity contribution in [3.63, 3.8) is 0 Å². The summed E-state index contributed by atoms with van der Waals surface area (Å²) in [5.74, 6) is -0.513. The van der Waals surface area contributed by atoms with Gasteiger partial charge in [0.05, 0.1) is 11.6 Å². The molecule has 0 saturated heterocycles. The van der Waals surface area contributed by atoms with E-state index < -0.39 is 5.92 Å². The van der Waals surface area contributed by atoms with Crippen molar-refractivity contribution in [2.24, 2.45) is 0 Å². The molecule has 1 aliphatic rings. The molecular formula is C25H25NO2. The zero-order valence-electron chi connectivity index (χ0n) is 16.8. The van der Waals surface area contributed by atoms with Crippen molar-refractivity contribution in [1.82, 2.24) is 0 Å². The summed E-state index contributed by atoms with van der Waals surface area (Å²) in [6.07, 6.45) is 7.02. The van der Waals surface area contributed by atoms with Gasteiger partial charge in [-0.25, -0.2) is 0 Å². The molecule has 1 N–H and O–H groups in total. The van der Waals surface area contributed by atoms with Gasteiger partial charge in [-0.1, -0.05) is 43.0 Å². The van der Waals surface area contributed by atoms with Crippen molar-refractivity contribution in [2.75, 3.05) is 0 Å². The minimum absolute atomic E-state index is 0.0717. The van der Waals surface area contributed by atoms with Gasteiger partial charge in [0, 0.05) is 17.1 Å². The zero-order chi connectivity index (χ0) is 21.0. The van der Waals surface area contributed by atoms with E-state index in [9.17, 15) is 15.2 Å². The lowest BCUT2D eigenvalue weighted by Crippen LogP contribution is -2.16. The summed E-state index contributed by atoms with van der Waals surface area (Å²) in [6, 6.07) is 7.52. The molecular weight excluding hydrogens is 346 g/mol. The highest BCUT2D eigenvalue weighted by atomic mass is 16.3. The van der Waals surface area contributed by atoms with Gasteiger partial charge in [-0.3, -0.25) is 4.79 Å². The summed E-state index contributed by atoms with van der Waals surface area (Å²) in [5, 5.41) is 20.0. The monoisotopic (exact) mass is 371 g/mol. The molecule has 0 heterocycles. The molecule has 1 aliphatic carbocycles. The van der Waals surface area contributed by atoms with Crippen molar-refractivity contribution in [3.8, 4) is 6.07 Å². The third-order valence-corrected chi connectivity index (χ3v) is 4.83. The van der Waals surface area contributed by atoms with E-state index in [1.54, 1.807) is 24.3 Å². The van der Waals surface area contributed by atoms with Crippen LogP contribution < -0.4 is 0 Å². The van der Waals surface area contributed by atoms with E-state index >= 15 is 0 Å². The Kier molecular flexibility index (Phi) is 6.38. The molecule has 0 amide bonds. The molecule has 28 heavy (non-hydrogen) atoms. The highest BCUT2D eigenvalue weighted by Crippen LogP contribution is 2.40. The van der Waals surface area contributed by atoms with E-state index in [2.05, 4.69) is 19.2 Å². The predicted octanol–water partition coefficient (Wildman–Crippen LogP) is 5.93. The number of rotatable bonds is 5. The van der Waals surface area contributed by atoms with Crippen LogP contribution in [0.3, 0.4) is 0 Å². The summed E-state index contributed by atoms with van der Waals surface area (Å²) in [6.45, 7) is 15.0. The molecule has 0 saturated carbocycles. The van der Waals surface area contributed by atoms with Gasteiger partial charge >= 0.3 is 0 Å². The molecule has 0 bridgehead atoms. The van der Waals surface area contributed by atoms with Crippen LogP contribution in [-0.2, 0) is 4.79 Å². The Bertz CT molecular complexity index is 1020. The van der Waals surface area contributed by atoms with Crippen LogP contribution in [0.4, 0.5) is 0 Å². The quantitative estimate of drug-likeness (QED) is 0.516. The molecule has 0 fully saturated rings. The maximum Gasteiger partial charge on any atom is 0.157 e. The number of hydrogen-bond donors (Lipinski definition) is 1. The predicted molar refractivity (Wildman–Crippen MR) is 114 cm³/mol. The number of aliphatic hydroxyl groups is 1. The van der Waals surface area contributed by atoms with E-state index in [4.69, 9.17) is 0 Å². The van der Waals surface area contributed by atoms with Crippen LogP contribution in [0.1, 0.15) is 43.4 Å². The number of aliphatic hydroxyl groups excluding tert-OH is 1. The van der Waals surface area contributed by atoms with Crippen molar-refractivity contribution in [2.45, 2.75) is 33.6 Å². The maximum absolute atomic E-state index is 12.7. The van der Waals surface area contributed by atoms with Gasteiger partial charge < -0.3 is 5.11 Å². The Balaban J connectivity index is 2.89. The van der Waals surface area contributed by atoms with Gasteiger partial charge in [-0.15, -0.1) is 0 Å². The van der Waals surface area contributed by atoms with Gasteiger partial charge in [-0.2, -0.15) is 5.26 Å². The van der Waals surface area contributed by atoms with E-state index in [0.29, 0.717) is 22.3 Å². The van der Waals surface area contributed by atoms with Gasteiger partial charge in [0.2, 0.25) is 0 Å². The second kappa shape index (κ2) is 8.54. The van der Waals surface area contributed by atoms with Crippen molar-refractivity contribution in [1.29, 1.82) is 5.26 Å². The second-order valence-electron chi connectivity index (χ2n) is 7.07. The molecule has 142 valence electrons. The number of ketones is 1. The van der Waals surface area contributed by atoms with Crippen molar-refractivity contribution < 1.29 is 9.90 Å².